The largest absolute Gasteiger partial charge is 0.0719 e. The molecule has 0 aromatic heterocycles. The minimum Gasteiger partial charge on any atom is -0.0719 e. The van der Waals surface area contributed by atoms with E-state index in [1.54, 1.807) is 11.1 Å². The summed E-state index contributed by atoms with van der Waals surface area (Å²) in [5, 5.41) is 0. The van der Waals surface area contributed by atoms with Gasteiger partial charge in [-0.15, -0.1) is 0 Å². The van der Waals surface area contributed by atoms with Gasteiger partial charge in [-0.3, -0.25) is 0 Å². The molecule has 0 spiro atoms. The molecule has 0 saturated heterocycles. The van der Waals surface area contributed by atoms with Gasteiger partial charge >= 0.3 is 0 Å². The van der Waals surface area contributed by atoms with Crippen molar-refractivity contribution >= 4 is 8.80 Å². The highest BCUT2D eigenvalue weighted by Gasteiger charge is 2.10. The third-order valence-corrected chi connectivity index (χ3v) is 4.34. The van der Waals surface area contributed by atoms with Crippen molar-refractivity contribution in [3.05, 3.63) is 34.9 Å². The molecule has 16 heavy (non-hydrogen) atoms. The summed E-state index contributed by atoms with van der Waals surface area (Å²) in [5.41, 5.74) is 4.67. The minimum atomic E-state index is -0.518. The molecule has 0 nitrogen and oxygen atoms in total. The first-order valence-electron chi connectivity index (χ1n) is 6.54. The number of rotatable bonds is 4. The van der Waals surface area contributed by atoms with Crippen LogP contribution in [0.1, 0.15) is 56.2 Å². The molecular weight excluding hydrogens is 208 g/mol. The van der Waals surface area contributed by atoms with Gasteiger partial charge in [0.15, 0.2) is 0 Å². The summed E-state index contributed by atoms with van der Waals surface area (Å²) in [4.78, 5) is 0. The summed E-state index contributed by atoms with van der Waals surface area (Å²) in [6, 6.07) is 8.46. The van der Waals surface area contributed by atoms with Crippen LogP contribution in [0.2, 0.25) is 13.1 Å². The highest BCUT2D eigenvalue weighted by Crippen LogP contribution is 2.25. The van der Waals surface area contributed by atoms with Gasteiger partial charge in [-0.05, 0) is 34.6 Å². The summed E-state index contributed by atoms with van der Waals surface area (Å²) in [7, 11) is -0.518. The maximum Gasteiger partial charge on any atom is 0.0352 e. The highest BCUT2D eigenvalue weighted by molar-refractivity contribution is 6.55. The molecule has 1 aromatic rings. The maximum atomic E-state index is 2.45. The quantitative estimate of drug-likeness (QED) is 0.673. The summed E-state index contributed by atoms with van der Waals surface area (Å²) >= 11 is 0. The lowest BCUT2D eigenvalue weighted by molar-refractivity contribution is 0.832. The zero-order valence-electron chi connectivity index (χ0n) is 11.7. The van der Waals surface area contributed by atoms with Crippen molar-refractivity contribution < 1.29 is 0 Å². The van der Waals surface area contributed by atoms with E-state index < -0.39 is 8.80 Å². The first-order valence-corrected chi connectivity index (χ1v) is 9.67. The van der Waals surface area contributed by atoms with Crippen LogP contribution < -0.4 is 0 Å². The Kier molecular flexibility index (Phi) is 4.79. The van der Waals surface area contributed by atoms with Crippen LogP contribution >= 0.6 is 0 Å². The first kappa shape index (κ1) is 13.5. The van der Waals surface area contributed by atoms with Gasteiger partial charge in [-0.1, -0.05) is 59.0 Å². The van der Waals surface area contributed by atoms with E-state index in [1.807, 2.05) is 0 Å². The highest BCUT2D eigenvalue weighted by atomic mass is 28.3. The van der Waals surface area contributed by atoms with Gasteiger partial charge in [0.05, 0.1) is 0 Å². The zero-order chi connectivity index (χ0) is 12.3. The molecule has 0 aliphatic carbocycles. The Morgan fingerprint density at radius 1 is 1.00 bits per heavy atom. The second-order valence-electron chi connectivity index (χ2n) is 5.87. The Morgan fingerprint density at radius 3 is 2.06 bits per heavy atom. The van der Waals surface area contributed by atoms with Gasteiger partial charge in [0, 0.05) is 8.80 Å². The topological polar surface area (TPSA) is 0 Å². The minimum absolute atomic E-state index is 0.518. The van der Waals surface area contributed by atoms with E-state index in [4.69, 9.17) is 0 Å². The van der Waals surface area contributed by atoms with E-state index in [1.165, 1.54) is 11.6 Å². The van der Waals surface area contributed by atoms with Gasteiger partial charge in [-0.2, -0.15) is 0 Å². The SMILES string of the molecule is CC(C)c1ccc(C(C)C)c(C[SiH](C)C)c1. The molecule has 0 radical (unpaired) electrons. The molecule has 0 saturated carbocycles. The number of benzene rings is 1. The second kappa shape index (κ2) is 5.67. The van der Waals surface area contributed by atoms with Gasteiger partial charge in [0.1, 0.15) is 0 Å². The lowest BCUT2D eigenvalue weighted by Crippen LogP contribution is -2.09. The van der Waals surface area contributed by atoms with E-state index in [0.29, 0.717) is 11.8 Å². The van der Waals surface area contributed by atoms with Crippen LogP contribution in [0.25, 0.3) is 0 Å². The van der Waals surface area contributed by atoms with Crippen molar-refractivity contribution in [3.8, 4) is 0 Å². The van der Waals surface area contributed by atoms with Crippen molar-refractivity contribution in [1.82, 2.24) is 0 Å². The van der Waals surface area contributed by atoms with Crippen LogP contribution in [0.4, 0.5) is 0 Å². The first-order chi connectivity index (χ1) is 7.41. The van der Waals surface area contributed by atoms with Crippen LogP contribution in [0.3, 0.4) is 0 Å². The van der Waals surface area contributed by atoms with Crippen LogP contribution in [0, 0.1) is 0 Å². The van der Waals surface area contributed by atoms with Crippen molar-refractivity contribution in [3.63, 3.8) is 0 Å². The van der Waals surface area contributed by atoms with E-state index in [0.717, 1.165) is 0 Å². The Hall–Kier alpha value is -0.563. The van der Waals surface area contributed by atoms with Crippen molar-refractivity contribution in [2.45, 2.75) is 58.7 Å². The molecule has 0 amide bonds. The van der Waals surface area contributed by atoms with E-state index in [2.05, 4.69) is 59.0 Å². The normalized spacial score (nSPS) is 11.8. The fourth-order valence-corrected chi connectivity index (χ4v) is 3.40. The summed E-state index contributed by atoms with van der Waals surface area (Å²) < 4.78 is 0. The molecule has 1 rings (SSSR count). The molecule has 1 aromatic carbocycles. The smallest absolute Gasteiger partial charge is 0.0352 e. The Balaban J connectivity index is 3.10. The lowest BCUT2D eigenvalue weighted by atomic mass is 9.93. The number of hydrogen-bond donors (Lipinski definition) is 0. The van der Waals surface area contributed by atoms with Gasteiger partial charge in [0.25, 0.3) is 0 Å². The van der Waals surface area contributed by atoms with Crippen molar-refractivity contribution in [2.75, 3.05) is 0 Å². The molecule has 0 unspecified atom stereocenters. The Morgan fingerprint density at radius 2 is 1.62 bits per heavy atom. The van der Waals surface area contributed by atoms with E-state index in [9.17, 15) is 0 Å². The number of hydrogen-bond acceptors (Lipinski definition) is 0. The van der Waals surface area contributed by atoms with Crippen LogP contribution in [-0.2, 0) is 6.04 Å². The van der Waals surface area contributed by atoms with Crippen LogP contribution in [0.15, 0.2) is 18.2 Å². The maximum absolute atomic E-state index is 2.45. The molecule has 0 N–H and O–H groups in total. The standard InChI is InChI=1S/C15H26Si/c1-11(2)13-7-8-15(12(3)4)14(9-13)10-16(5)6/h7-9,11-12,16H,10H2,1-6H3. The second-order valence-corrected chi connectivity index (χ2v) is 9.06. The molecule has 1 heteroatoms. The van der Waals surface area contributed by atoms with Crippen LogP contribution in [-0.4, -0.2) is 8.80 Å². The van der Waals surface area contributed by atoms with Gasteiger partial charge in [-0.25, -0.2) is 0 Å². The average molecular weight is 234 g/mol. The fourth-order valence-electron chi connectivity index (χ4n) is 2.16. The Bertz CT molecular complexity index is 337. The van der Waals surface area contributed by atoms with Gasteiger partial charge in [0.2, 0.25) is 0 Å². The van der Waals surface area contributed by atoms with Crippen molar-refractivity contribution in [2.24, 2.45) is 0 Å². The molecule has 90 valence electrons. The molecular formula is C15H26Si. The van der Waals surface area contributed by atoms with Crippen LogP contribution in [0.5, 0.6) is 0 Å². The predicted molar refractivity (Wildman–Crippen MR) is 77.2 cm³/mol. The summed E-state index contributed by atoms with van der Waals surface area (Å²) in [6.07, 6.45) is 0. The van der Waals surface area contributed by atoms with E-state index in [-0.39, 0.29) is 0 Å². The molecule has 0 aliphatic rings. The summed E-state index contributed by atoms with van der Waals surface area (Å²) in [5.74, 6) is 1.30. The average Bonchev–Trinajstić information content (AvgIpc) is 2.15. The lowest BCUT2D eigenvalue weighted by Gasteiger charge is -2.17. The zero-order valence-corrected chi connectivity index (χ0v) is 12.8. The monoisotopic (exact) mass is 234 g/mol. The molecule has 0 heterocycles. The van der Waals surface area contributed by atoms with E-state index >= 15 is 0 Å². The molecule has 0 fully saturated rings. The Labute approximate surface area is 103 Å². The summed E-state index contributed by atoms with van der Waals surface area (Å²) in [6.45, 7) is 14.0. The molecule has 0 bridgehead atoms. The predicted octanol–water partition coefficient (Wildman–Crippen LogP) is 4.50. The fraction of sp³-hybridized carbons (Fsp3) is 0.600. The molecule has 0 aliphatic heterocycles. The third-order valence-electron chi connectivity index (χ3n) is 3.08. The van der Waals surface area contributed by atoms with Gasteiger partial charge < -0.3 is 0 Å². The molecule has 0 atom stereocenters. The van der Waals surface area contributed by atoms with Crippen molar-refractivity contribution in [1.29, 1.82) is 0 Å². The third kappa shape index (κ3) is 3.48.